The number of hydrogen-bond acceptors (Lipinski definition) is 5. The molecular weight excluding hydrogens is 260 g/mol. The summed E-state index contributed by atoms with van der Waals surface area (Å²) in [4.78, 5) is 27.9. The third-order valence-corrected chi connectivity index (χ3v) is 2.91. The van der Waals surface area contributed by atoms with Gasteiger partial charge in [0.15, 0.2) is 11.8 Å². The first-order valence-electron chi connectivity index (χ1n) is 6.27. The van der Waals surface area contributed by atoms with Gasteiger partial charge in [-0.15, -0.1) is 0 Å². The first-order chi connectivity index (χ1) is 9.58. The van der Waals surface area contributed by atoms with Gasteiger partial charge in [-0.1, -0.05) is 6.07 Å². The van der Waals surface area contributed by atoms with Crippen molar-refractivity contribution in [2.45, 2.75) is 19.8 Å². The van der Waals surface area contributed by atoms with Crippen LogP contribution >= 0.6 is 0 Å². The van der Waals surface area contributed by atoms with Crippen molar-refractivity contribution >= 4 is 17.4 Å². The van der Waals surface area contributed by atoms with Crippen LogP contribution in [-0.2, 0) is 14.3 Å². The van der Waals surface area contributed by atoms with E-state index < -0.39 is 11.9 Å². The molecule has 0 N–H and O–H groups in total. The summed E-state index contributed by atoms with van der Waals surface area (Å²) in [5.41, 5.74) is 0.968. The average molecular weight is 276 g/mol. The number of aromatic nitrogens is 2. The Kier molecular flexibility index (Phi) is 4.02. The average Bonchev–Trinajstić information content (AvgIpc) is 2.81. The first kappa shape index (κ1) is 14.0. The van der Waals surface area contributed by atoms with Crippen molar-refractivity contribution in [2.75, 3.05) is 13.7 Å². The minimum atomic E-state index is -1.00. The van der Waals surface area contributed by atoms with Crippen LogP contribution in [0.2, 0.25) is 0 Å². The SMILES string of the molecule is CCOC(=O)C(C(C)=O)c1cn2c(OC)cccc2n1. The van der Waals surface area contributed by atoms with Crippen molar-refractivity contribution in [3.63, 3.8) is 0 Å². The molecule has 0 amide bonds. The number of carbonyl (C=O) groups is 2. The number of pyridine rings is 1. The van der Waals surface area contributed by atoms with Gasteiger partial charge in [-0.2, -0.15) is 0 Å². The molecule has 1 unspecified atom stereocenters. The van der Waals surface area contributed by atoms with Crippen LogP contribution in [0.15, 0.2) is 24.4 Å². The molecule has 0 aliphatic rings. The highest BCUT2D eigenvalue weighted by molar-refractivity contribution is 6.03. The molecule has 2 aromatic heterocycles. The minimum Gasteiger partial charge on any atom is -0.482 e. The van der Waals surface area contributed by atoms with E-state index in [2.05, 4.69) is 4.98 Å². The highest BCUT2D eigenvalue weighted by Gasteiger charge is 2.29. The lowest BCUT2D eigenvalue weighted by Gasteiger charge is -2.09. The molecule has 0 saturated heterocycles. The number of ether oxygens (including phenoxy) is 2. The lowest BCUT2D eigenvalue weighted by molar-refractivity contribution is -0.147. The van der Waals surface area contributed by atoms with E-state index in [0.29, 0.717) is 17.2 Å². The fourth-order valence-electron chi connectivity index (χ4n) is 2.03. The van der Waals surface area contributed by atoms with Crippen molar-refractivity contribution in [3.05, 3.63) is 30.1 Å². The second kappa shape index (κ2) is 5.73. The van der Waals surface area contributed by atoms with Crippen LogP contribution in [-0.4, -0.2) is 34.9 Å². The third kappa shape index (κ3) is 2.49. The van der Waals surface area contributed by atoms with Crippen molar-refractivity contribution in [2.24, 2.45) is 0 Å². The Balaban J connectivity index is 2.49. The predicted octanol–water partition coefficient (Wildman–Crippen LogP) is 1.58. The molecule has 20 heavy (non-hydrogen) atoms. The number of Topliss-reactive ketones (excluding diaryl/α,β-unsaturated/α-hetero) is 1. The summed E-state index contributed by atoms with van der Waals surface area (Å²) in [6.45, 7) is 3.27. The molecule has 0 radical (unpaired) electrons. The van der Waals surface area contributed by atoms with Gasteiger partial charge in [0.25, 0.3) is 0 Å². The maximum absolute atomic E-state index is 11.9. The van der Waals surface area contributed by atoms with E-state index in [1.165, 1.54) is 6.92 Å². The lowest BCUT2D eigenvalue weighted by atomic mass is 10.0. The van der Waals surface area contributed by atoms with E-state index in [-0.39, 0.29) is 12.4 Å². The molecule has 2 rings (SSSR count). The standard InChI is InChI=1S/C14H16N2O4/c1-4-20-14(18)13(9(2)17)10-8-16-11(15-10)6-5-7-12(16)19-3/h5-8,13H,4H2,1-3H3. The zero-order valence-corrected chi connectivity index (χ0v) is 11.6. The summed E-state index contributed by atoms with van der Waals surface area (Å²) < 4.78 is 11.8. The number of hydrogen-bond donors (Lipinski definition) is 0. The van der Waals surface area contributed by atoms with Crippen LogP contribution in [0.25, 0.3) is 5.65 Å². The Morgan fingerprint density at radius 3 is 2.75 bits per heavy atom. The number of ketones is 1. The second-order valence-corrected chi connectivity index (χ2v) is 4.26. The summed E-state index contributed by atoms with van der Waals surface area (Å²) in [7, 11) is 1.54. The Labute approximate surface area is 116 Å². The van der Waals surface area contributed by atoms with Gasteiger partial charge in [0.05, 0.1) is 19.4 Å². The summed E-state index contributed by atoms with van der Waals surface area (Å²) in [6.07, 6.45) is 1.62. The molecule has 2 aromatic rings. The third-order valence-electron chi connectivity index (χ3n) is 2.91. The van der Waals surface area contributed by atoms with E-state index in [4.69, 9.17) is 9.47 Å². The van der Waals surface area contributed by atoms with Gasteiger partial charge in [-0.05, 0) is 26.0 Å². The molecular formula is C14H16N2O4. The second-order valence-electron chi connectivity index (χ2n) is 4.26. The number of imidazole rings is 1. The van der Waals surface area contributed by atoms with Gasteiger partial charge >= 0.3 is 5.97 Å². The minimum absolute atomic E-state index is 0.222. The summed E-state index contributed by atoms with van der Waals surface area (Å²) in [5.74, 6) is -1.31. The summed E-state index contributed by atoms with van der Waals surface area (Å²) >= 11 is 0. The Bertz CT molecular complexity index is 648. The number of esters is 1. The Morgan fingerprint density at radius 1 is 1.40 bits per heavy atom. The molecule has 0 fully saturated rings. The fraction of sp³-hybridized carbons (Fsp3) is 0.357. The van der Waals surface area contributed by atoms with Gasteiger partial charge in [0.1, 0.15) is 11.4 Å². The Hall–Kier alpha value is -2.37. The van der Waals surface area contributed by atoms with Gasteiger partial charge in [0, 0.05) is 6.20 Å². The van der Waals surface area contributed by atoms with Crippen molar-refractivity contribution < 1.29 is 19.1 Å². The molecule has 6 nitrogen and oxygen atoms in total. The molecule has 106 valence electrons. The van der Waals surface area contributed by atoms with Crippen LogP contribution in [0.4, 0.5) is 0 Å². The molecule has 0 aliphatic carbocycles. The summed E-state index contributed by atoms with van der Waals surface area (Å²) in [6, 6.07) is 5.33. The van der Waals surface area contributed by atoms with Crippen LogP contribution in [0.1, 0.15) is 25.5 Å². The van der Waals surface area contributed by atoms with Crippen LogP contribution in [0, 0.1) is 0 Å². The highest BCUT2D eigenvalue weighted by atomic mass is 16.5. The molecule has 0 bridgehead atoms. The number of nitrogens with zero attached hydrogens (tertiary/aromatic N) is 2. The normalized spacial score (nSPS) is 12.2. The topological polar surface area (TPSA) is 69.9 Å². The van der Waals surface area contributed by atoms with Gasteiger partial charge in [-0.25, -0.2) is 4.98 Å². The van der Waals surface area contributed by atoms with Crippen LogP contribution in [0.5, 0.6) is 5.88 Å². The van der Waals surface area contributed by atoms with Crippen molar-refractivity contribution in [1.82, 2.24) is 9.38 Å². The highest BCUT2D eigenvalue weighted by Crippen LogP contribution is 2.22. The maximum atomic E-state index is 11.9. The summed E-state index contributed by atoms with van der Waals surface area (Å²) in [5, 5.41) is 0. The Morgan fingerprint density at radius 2 is 2.15 bits per heavy atom. The number of fused-ring (bicyclic) bond motifs is 1. The molecule has 6 heteroatoms. The van der Waals surface area contributed by atoms with Gasteiger partial charge in [0.2, 0.25) is 0 Å². The molecule has 2 heterocycles. The number of methoxy groups -OCH3 is 1. The van der Waals surface area contributed by atoms with E-state index >= 15 is 0 Å². The zero-order valence-electron chi connectivity index (χ0n) is 11.6. The van der Waals surface area contributed by atoms with Gasteiger partial charge < -0.3 is 9.47 Å². The molecule has 0 saturated carbocycles. The quantitative estimate of drug-likeness (QED) is 0.612. The fourth-order valence-corrected chi connectivity index (χ4v) is 2.03. The molecule has 1 atom stereocenters. The molecule has 0 aromatic carbocycles. The molecule has 0 spiro atoms. The van der Waals surface area contributed by atoms with Crippen LogP contribution < -0.4 is 4.74 Å². The largest absolute Gasteiger partial charge is 0.482 e. The lowest BCUT2D eigenvalue weighted by Crippen LogP contribution is -2.22. The smallest absolute Gasteiger partial charge is 0.322 e. The number of carbonyl (C=O) groups excluding carboxylic acids is 2. The number of rotatable bonds is 5. The van der Waals surface area contributed by atoms with Crippen LogP contribution in [0.3, 0.4) is 0 Å². The van der Waals surface area contributed by atoms with Crippen molar-refractivity contribution in [3.8, 4) is 5.88 Å². The van der Waals surface area contributed by atoms with E-state index in [1.54, 1.807) is 42.8 Å². The van der Waals surface area contributed by atoms with Gasteiger partial charge in [-0.3, -0.25) is 14.0 Å². The van der Waals surface area contributed by atoms with E-state index in [9.17, 15) is 9.59 Å². The zero-order chi connectivity index (χ0) is 14.7. The molecule has 0 aliphatic heterocycles. The first-order valence-corrected chi connectivity index (χ1v) is 6.27. The maximum Gasteiger partial charge on any atom is 0.322 e. The van der Waals surface area contributed by atoms with E-state index in [1.807, 2.05) is 0 Å². The monoisotopic (exact) mass is 276 g/mol. The van der Waals surface area contributed by atoms with Crippen molar-refractivity contribution in [1.29, 1.82) is 0 Å². The predicted molar refractivity (Wildman–Crippen MR) is 71.8 cm³/mol. The van der Waals surface area contributed by atoms with E-state index in [0.717, 1.165) is 0 Å².